The zero-order valence-corrected chi connectivity index (χ0v) is 12.1. The fraction of sp³-hybridized carbons (Fsp3) is 0.188. The molecule has 4 heteroatoms. The van der Waals surface area contributed by atoms with Crippen molar-refractivity contribution in [3.05, 3.63) is 64.7 Å². The van der Waals surface area contributed by atoms with Crippen LogP contribution in [0.25, 0.3) is 0 Å². The highest BCUT2D eigenvalue weighted by molar-refractivity contribution is 6.30. The molecule has 0 aliphatic carbocycles. The molecule has 2 aromatic rings. The maximum atomic E-state index is 12.0. The van der Waals surface area contributed by atoms with Gasteiger partial charge in [-0.25, -0.2) is 4.79 Å². The average Bonchev–Trinajstić information content (AvgIpc) is 2.45. The van der Waals surface area contributed by atoms with Crippen LogP contribution in [0, 0.1) is 6.92 Å². The normalized spacial score (nSPS) is 11.8. The van der Waals surface area contributed by atoms with Crippen molar-refractivity contribution in [2.45, 2.75) is 13.0 Å². The highest BCUT2D eigenvalue weighted by atomic mass is 35.5. The average molecular weight is 290 g/mol. The Balaban J connectivity index is 2.28. The summed E-state index contributed by atoms with van der Waals surface area (Å²) in [6, 6.07) is 14.4. The van der Waals surface area contributed by atoms with Crippen LogP contribution < -0.4 is 5.32 Å². The predicted molar refractivity (Wildman–Crippen MR) is 81.0 cm³/mol. The molecule has 0 spiro atoms. The van der Waals surface area contributed by atoms with Crippen molar-refractivity contribution in [3.8, 4) is 0 Å². The number of hydrogen-bond donors (Lipinski definition) is 1. The Hall–Kier alpha value is -2.00. The third kappa shape index (κ3) is 3.52. The van der Waals surface area contributed by atoms with Crippen LogP contribution in [0.4, 0.5) is 5.69 Å². The van der Waals surface area contributed by atoms with Gasteiger partial charge in [0, 0.05) is 10.7 Å². The first-order chi connectivity index (χ1) is 9.60. The number of methoxy groups -OCH3 is 1. The largest absolute Gasteiger partial charge is 0.467 e. The first-order valence-electron chi connectivity index (χ1n) is 6.26. The molecule has 0 aliphatic rings. The van der Waals surface area contributed by atoms with Gasteiger partial charge in [0.1, 0.15) is 0 Å². The second-order valence-corrected chi connectivity index (χ2v) is 4.96. The summed E-state index contributed by atoms with van der Waals surface area (Å²) in [5.74, 6) is -0.339. The molecule has 0 amide bonds. The number of hydrogen-bond acceptors (Lipinski definition) is 3. The first-order valence-corrected chi connectivity index (χ1v) is 6.64. The standard InChI is InChI=1S/C16H16ClNO2/c1-11-4-3-5-14(10-11)18-15(16(19)20-2)12-6-8-13(17)9-7-12/h3-10,15,18H,1-2H3. The van der Waals surface area contributed by atoms with E-state index < -0.39 is 6.04 Å². The van der Waals surface area contributed by atoms with Gasteiger partial charge in [-0.15, -0.1) is 0 Å². The molecule has 1 unspecified atom stereocenters. The number of ether oxygens (including phenoxy) is 1. The van der Waals surface area contributed by atoms with Gasteiger partial charge < -0.3 is 10.1 Å². The molecule has 3 nitrogen and oxygen atoms in total. The van der Waals surface area contributed by atoms with Gasteiger partial charge in [-0.05, 0) is 42.3 Å². The Bertz CT molecular complexity index is 596. The monoisotopic (exact) mass is 289 g/mol. The minimum Gasteiger partial charge on any atom is -0.467 e. The second-order valence-electron chi connectivity index (χ2n) is 4.52. The van der Waals surface area contributed by atoms with Crippen molar-refractivity contribution < 1.29 is 9.53 Å². The van der Waals surface area contributed by atoms with Crippen molar-refractivity contribution in [3.63, 3.8) is 0 Å². The van der Waals surface area contributed by atoms with Gasteiger partial charge in [-0.3, -0.25) is 0 Å². The Morgan fingerprint density at radius 2 is 1.90 bits per heavy atom. The number of aryl methyl sites for hydroxylation is 1. The van der Waals surface area contributed by atoms with Gasteiger partial charge in [-0.1, -0.05) is 35.9 Å². The number of carbonyl (C=O) groups is 1. The van der Waals surface area contributed by atoms with E-state index in [1.54, 1.807) is 12.1 Å². The smallest absolute Gasteiger partial charge is 0.332 e. The molecular formula is C16H16ClNO2. The summed E-state index contributed by atoms with van der Waals surface area (Å²) in [6.45, 7) is 2.00. The molecule has 0 aliphatic heterocycles. The van der Waals surface area contributed by atoms with E-state index in [0.29, 0.717) is 5.02 Å². The molecule has 1 N–H and O–H groups in total. The lowest BCUT2D eigenvalue weighted by Crippen LogP contribution is -2.22. The van der Waals surface area contributed by atoms with E-state index in [9.17, 15) is 4.79 Å². The van der Waals surface area contributed by atoms with Gasteiger partial charge in [0.2, 0.25) is 0 Å². The van der Waals surface area contributed by atoms with E-state index in [-0.39, 0.29) is 5.97 Å². The fourth-order valence-corrected chi connectivity index (χ4v) is 2.08. The Morgan fingerprint density at radius 3 is 2.50 bits per heavy atom. The summed E-state index contributed by atoms with van der Waals surface area (Å²) < 4.78 is 4.87. The van der Waals surface area contributed by atoms with Crippen LogP contribution in [0.3, 0.4) is 0 Å². The topological polar surface area (TPSA) is 38.3 Å². The third-order valence-electron chi connectivity index (χ3n) is 2.97. The molecule has 2 aromatic carbocycles. The van der Waals surface area contributed by atoms with Crippen LogP contribution in [0.15, 0.2) is 48.5 Å². The van der Waals surface area contributed by atoms with E-state index in [0.717, 1.165) is 16.8 Å². The van der Waals surface area contributed by atoms with E-state index in [1.165, 1.54) is 7.11 Å². The van der Waals surface area contributed by atoms with Crippen LogP contribution in [0.5, 0.6) is 0 Å². The Kier molecular flexibility index (Phi) is 4.64. The van der Waals surface area contributed by atoms with E-state index >= 15 is 0 Å². The number of benzene rings is 2. The number of anilines is 1. The Labute approximate surface area is 123 Å². The minimum absolute atomic E-state index is 0.339. The van der Waals surface area contributed by atoms with Crippen LogP contribution in [0.1, 0.15) is 17.2 Å². The molecule has 0 bridgehead atoms. The Morgan fingerprint density at radius 1 is 1.20 bits per heavy atom. The summed E-state index contributed by atoms with van der Waals surface area (Å²) >= 11 is 5.87. The van der Waals surface area contributed by atoms with E-state index in [4.69, 9.17) is 16.3 Å². The minimum atomic E-state index is -0.556. The predicted octanol–water partition coefficient (Wildman–Crippen LogP) is 3.97. The first kappa shape index (κ1) is 14.4. The van der Waals surface area contributed by atoms with Crippen LogP contribution in [-0.2, 0) is 9.53 Å². The summed E-state index contributed by atoms with van der Waals surface area (Å²) in [7, 11) is 1.38. The van der Waals surface area contributed by atoms with E-state index in [1.807, 2.05) is 43.3 Å². The van der Waals surface area contributed by atoms with Crippen molar-refractivity contribution >= 4 is 23.3 Å². The van der Waals surface area contributed by atoms with Gasteiger partial charge in [0.05, 0.1) is 7.11 Å². The number of halogens is 1. The summed E-state index contributed by atoms with van der Waals surface area (Å²) in [5.41, 5.74) is 2.80. The molecular weight excluding hydrogens is 274 g/mol. The van der Waals surface area contributed by atoms with Crippen molar-refractivity contribution in [1.82, 2.24) is 0 Å². The zero-order chi connectivity index (χ0) is 14.5. The quantitative estimate of drug-likeness (QED) is 0.866. The molecule has 0 radical (unpaired) electrons. The highest BCUT2D eigenvalue weighted by Gasteiger charge is 2.21. The third-order valence-corrected chi connectivity index (χ3v) is 3.22. The molecule has 0 heterocycles. The van der Waals surface area contributed by atoms with Gasteiger partial charge in [-0.2, -0.15) is 0 Å². The lowest BCUT2D eigenvalue weighted by atomic mass is 10.1. The number of esters is 1. The van der Waals surface area contributed by atoms with Crippen LogP contribution in [-0.4, -0.2) is 13.1 Å². The molecule has 0 aromatic heterocycles. The molecule has 1 atom stereocenters. The van der Waals surface area contributed by atoms with Gasteiger partial charge in [0.25, 0.3) is 0 Å². The van der Waals surface area contributed by atoms with E-state index in [2.05, 4.69) is 5.32 Å². The maximum absolute atomic E-state index is 12.0. The van der Waals surface area contributed by atoms with Gasteiger partial charge in [0.15, 0.2) is 6.04 Å². The lowest BCUT2D eigenvalue weighted by Gasteiger charge is -2.18. The molecule has 2 rings (SSSR count). The summed E-state index contributed by atoms with van der Waals surface area (Å²) in [5, 5.41) is 3.82. The highest BCUT2D eigenvalue weighted by Crippen LogP contribution is 2.23. The SMILES string of the molecule is COC(=O)C(Nc1cccc(C)c1)c1ccc(Cl)cc1. The molecule has 20 heavy (non-hydrogen) atoms. The number of carbonyl (C=O) groups excluding carboxylic acids is 1. The van der Waals surface area contributed by atoms with Crippen LogP contribution >= 0.6 is 11.6 Å². The summed E-state index contributed by atoms with van der Waals surface area (Å²) in [4.78, 5) is 12.0. The number of nitrogens with one attached hydrogen (secondary N) is 1. The summed E-state index contributed by atoms with van der Waals surface area (Å²) in [6.07, 6.45) is 0. The lowest BCUT2D eigenvalue weighted by molar-refractivity contribution is -0.141. The maximum Gasteiger partial charge on any atom is 0.332 e. The van der Waals surface area contributed by atoms with Crippen molar-refractivity contribution in [2.75, 3.05) is 12.4 Å². The number of rotatable bonds is 4. The fourth-order valence-electron chi connectivity index (χ4n) is 1.95. The molecule has 0 fully saturated rings. The second kappa shape index (κ2) is 6.44. The van der Waals surface area contributed by atoms with Gasteiger partial charge >= 0.3 is 5.97 Å². The molecule has 0 saturated carbocycles. The van der Waals surface area contributed by atoms with Crippen molar-refractivity contribution in [1.29, 1.82) is 0 Å². The molecule has 104 valence electrons. The zero-order valence-electron chi connectivity index (χ0n) is 11.4. The molecule has 0 saturated heterocycles. The van der Waals surface area contributed by atoms with Crippen LogP contribution in [0.2, 0.25) is 5.02 Å². The van der Waals surface area contributed by atoms with Crippen molar-refractivity contribution in [2.24, 2.45) is 0 Å².